The van der Waals surface area contributed by atoms with Gasteiger partial charge in [-0.05, 0) is 24.6 Å². The smallest absolute Gasteiger partial charge is 0.263 e. The molecule has 106 valence electrons. The zero-order valence-corrected chi connectivity index (χ0v) is 11.3. The molecule has 2 rings (SSSR count). The minimum absolute atomic E-state index is 0.0276. The lowest BCUT2D eigenvalue weighted by Gasteiger charge is -2.19. The maximum Gasteiger partial charge on any atom is 0.263 e. The fourth-order valence-corrected chi connectivity index (χ4v) is 2.00. The molecule has 0 saturated heterocycles. The summed E-state index contributed by atoms with van der Waals surface area (Å²) in [5.74, 6) is 0. The molecule has 1 unspecified atom stereocenters. The Morgan fingerprint density at radius 2 is 1.50 bits per heavy atom. The van der Waals surface area contributed by atoms with Crippen molar-refractivity contribution in [3.05, 3.63) is 65.2 Å². The normalized spacial score (nSPS) is 12.4. The van der Waals surface area contributed by atoms with Crippen LogP contribution in [0.2, 0.25) is 0 Å². The standard InChI is InChI=1S/C16H18F2N2/c1-11-2-8-14(9-3-11)20-15(10-19)12-4-6-13(7-5-12)16(17)18/h2-9,15-16,20H,10,19H2,1H3. The molecule has 0 aliphatic rings. The van der Waals surface area contributed by atoms with E-state index in [-0.39, 0.29) is 11.6 Å². The summed E-state index contributed by atoms with van der Waals surface area (Å²) in [6.07, 6.45) is -2.44. The van der Waals surface area contributed by atoms with Gasteiger partial charge in [0.2, 0.25) is 0 Å². The fourth-order valence-electron chi connectivity index (χ4n) is 2.00. The van der Waals surface area contributed by atoms with Crippen molar-refractivity contribution in [1.29, 1.82) is 0 Å². The summed E-state index contributed by atoms with van der Waals surface area (Å²) in [6, 6.07) is 14.2. The van der Waals surface area contributed by atoms with Gasteiger partial charge in [-0.25, -0.2) is 8.78 Å². The number of hydrogen-bond donors (Lipinski definition) is 2. The highest BCUT2D eigenvalue weighted by atomic mass is 19.3. The number of nitrogens with one attached hydrogen (secondary N) is 1. The van der Waals surface area contributed by atoms with E-state index < -0.39 is 6.43 Å². The zero-order chi connectivity index (χ0) is 14.5. The molecule has 20 heavy (non-hydrogen) atoms. The van der Waals surface area contributed by atoms with Crippen LogP contribution < -0.4 is 11.1 Å². The molecule has 2 aromatic carbocycles. The average Bonchev–Trinajstić information content (AvgIpc) is 2.47. The lowest BCUT2D eigenvalue weighted by atomic mass is 10.0. The first-order valence-electron chi connectivity index (χ1n) is 6.51. The number of alkyl halides is 2. The second-order valence-electron chi connectivity index (χ2n) is 4.77. The molecular weight excluding hydrogens is 258 g/mol. The number of aryl methyl sites for hydroxylation is 1. The van der Waals surface area contributed by atoms with E-state index in [2.05, 4.69) is 5.32 Å². The Labute approximate surface area is 117 Å². The van der Waals surface area contributed by atoms with Crippen molar-refractivity contribution in [3.63, 3.8) is 0 Å². The van der Waals surface area contributed by atoms with Gasteiger partial charge in [0, 0.05) is 17.8 Å². The molecule has 0 heterocycles. The molecule has 3 N–H and O–H groups in total. The van der Waals surface area contributed by atoms with Gasteiger partial charge in [-0.1, -0.05) is 42.0 Å². The average molecular weight is 276 g/mol. The molecule has 4 heteroatoms. The molecule has 0 aliphatic carbocycles. The summed E-state index contributed by atoms with van der Waals surface area (Å²) in [5.41, 5.74) is 8.84. The highest BCUT2D eigenvalue weighted by molar-refractivity contribution is 5.47. The van der Waals surface area contributed by atoms with Crippen LogP contribution in [0.5, 0.6) is 0 Å². The molecule has 2 aromatic rings. The fraction of sp³-hybridized carbons (Fsp3) is 0.250. The largest absolute Gasteiger partial charge is 0.377 e. The van der Waals surface area contributed by atoms with Crippen LogP contribution in [0.4, 0.5) is 14.5 Å². The Hall–Kier alpha value is -1.94. The van der Waals surface area contributed by atoms with Crippen LogP contribution in [-0.4, -0.2) is 6.54 Å². The van der Waals surface area contributed by atoms with Crippen LogP contribution in [0, 0.1) is 6.92 Å². The van der Waals surface area contributed by atoms with Crippen LogP contribution in [0.15, 0.2) is 48.5 Å². The number of hydrogen-bond acceptors (Lipinski definition) is 2. The maximum absolute atomic E-state index is 12.5. The third-order valence-electron chi connectivity index (χ3n) is 3.22. The van der Waals surface area contributed by atoms with E-state index in [4.69, 9.17) is 5.73 Å². The summed E-state index contributed by atoms with van der Waals surface area (Å²) in [7, 11) is 0. The van der Waals surface area contributed by atoms with Crippen molar-refractivity contribution < 1.29 is 8.78 Å². The van der Waals surface area contributed by atoms with Crippen molar-refractivity contribution in [2.75, 3.05) is 11.9 Å². The minimum Gasteiger partial charge on any atom is -0.377 e. The first kappa shape index (κ1) is 14.5. The molecule has 0 aromatic heterocycles. The van der Waals surface area contributed by atoms with Gasteiger partial charge in [0.25, 0.3) is 6.43 Å². The number of benzene rings is 2. The molecule has 1 atom stereocenters. The van der Waals surface area contributed by atoms with E-state index in [9.17, 15) is 8.78 Å². The zero-order valence-electron chi connectivity index (χ0n) is 11.3. The van der Waals surface area contributed by atoms with Gasteiger partial charge >= 0.3 is 0 Å². The highest BCUT2D eigenvalue weighted by Gasteiger charge is 2.11. The van der Waals surface area contributed by atoms with Gasteiger partial charge < -0.3 is 11.1 Å². The predicted octanol–water partition coefficient (Wildman–Crippen LogP) is 4.04. The highest BCUT2D eigenvalue weighted by Crippen LogP contribution is 2.23. The van der Waals surface area contributed by atoms with E-state index in [0.29, 0.717) is 6.54 Å². The Kier molecular flexibility index (Phi) is 4.69. The van der Waals surface area contributed by atoms with E-state index in [0.717, 1.165) is 11.3 Å². The van der Waals surface area contributed by atoms with Crippen molar-refractivity contribution in [2.24, 2.45) is 5.73 Å². The second kappa shape index (κ2) is 6.48. The summed E-state index contributed by atoms with van der Waals surface area (Å²) in [4.78, 5) is 0. The Bertz CT molecular complexity index is 535. The number of rotatable bonds is 5. The van der Waals surface area contributed by atoms with E-state index in [1.165, 1.54) is 17.7 Å². The molecule has 0 spiro atoms. The van der Waals surface area contributed by atoms with Gasteiger partial charge in [-0.2, -0.15) is 0 Å². The lowest BCUT2D eigenvalue weighted by Crippen LogP contribution is -2.20. The quantitative estimate of drug-likeness (QED) is 0.864. The second-order valence-corrected chi connectivity index (χ2v) is 4.77. The van der Waals surface area contributed by atoms with Gasteiger partial charge in [0.1, 0.15) is 0 Å². The molecule has 0 radical (unpaired) electrons. The van der Waals surface area contributed by atoms with Crippen molar-refractivity contribution in [3.8, 4) is 0 Å². The first-order valence-corrected chi connectivity index (χ1v) is 6.51. The third kappa shape index (κ3) is 3.54. The van der Waals surface area contributed by atoms with Crippen LogP contribution in [0.1, 0.15) is 29.2 Å². The molecular formula is C16H18F2N2. The molecule has 0 amide bonds. The van der Waals surface area contributed by atoms with Gasteiger partial charge in [-0.15, -0.1) is 0 Å². The monoisotopic (exact) mass is 276 g/mol. The molecule has 0 fully saturated rings. The van der Waals surface area contributed by atoms with E-state index in [1.54, 1.807) is 12.1 Å². The SMILES string of the molecule is Cc1ccc(NC(CN)c2ccc(C(F)F)cc2)cc1. The first-order chi connectivity index (χ1) is 9.60. The van der Waals surface area contributed by atoms with Gasteiger partial charge in [-0.3, -0.25) is 0 Å². The Balaban J connectivity index is 2.13. The van der Waals surface area contributed by atoms with Crippen LogP contribution in [-0.2, 0) is 0 Å². The molecule has 0 aliphatic heterocycles. The van der Waals surface area contributed by atoms with E-state index >= 15 is 0 Å². The van der Waals surface area contributed by atoms with Gasteiger partial charge in [0.05, 0.1) is 6.04 Å². The summed E-state index contributed by atoms with van der Waals surface area (Å²) < 4.78 is 25.1. The number of anilines is 1. The van der Waals surface area contributed by atoms with Crippen molar-refractivity contribution in [2.45, 2.75) is 19.4 Å². The number of nitrogens with two attached hydrogens (primary N) is 1. The minimum atomic E-state index is -2.44. The molecule has 0 bridgehead atoms. The topological polar surface area (TPSA) is 38.0 Å². The van der Waals surface area contributed by atoms with Crippen LogP contribution in [0.25, 0.3) is 0 Å². The van der Waals surface area contributed by atoms with Crippen molar-refractivity contribution >= 4 is 5.69 Å². The lowest BCUT2D eigenvalue weighted by molar-refractivity contribution is 0.151. The maximum atomic E-state index is 12.5. The van der Waals surface area contributed by atoms with E-state index in [1.807, 2.05) is 31.2 Å². The van der Waals surface area contributed by atoms with Crippen LogP contribution >= 0.6 is 0 Å². The van der Waals surface area contributed by atoms with Crippen molar-refractivity contribution in [1.82, 2.24) is 0 Å². The summed E-state index contributed by atoms with van der Waals surface area (Å²) in [6.45, 7) is 2.41. The summed E-state index contributed by atoms with van der Waals surface area (Å²) >= 11 is 0. The van der Waals surface area contributed by atoms with Crippen LogP contribution in [0.3, 0.4) is 0 Å². The molecule has 2 nitrogen and oxygen atoms in total. The Morgan fingerprint density at radius 1 is 0.950 bits per heavy atom. The van der Waals surface area contributed by atoms with Gasteiger partial charge in [0.15, 0.2) is 0 Å². The Morgan fingerprint density at radius 3 is 2.00 bits per heavy atom. The summed E-state index contributed by atoms with van der Waals surface area (Å²) in [5, 5.41) is 3.31. The molecule has 0 saturated carbocycles. The predicted molar refractivity (Wildman–Crippen MR) is 78.0 cm³/mol. The third-order valence-corrected chi connectivity index (χ3v) is 3.22. The number of halogens is 2.